The number of carbonyl (C=O) groups excluding carboxylic acids is 1. The summed E-state index contributed by atoms with van der Waals surface area (Å²) in [6.07, 6.45) is 0.683. The number of H-pyrrole nitrogens is 1. The van der Waals surface area contributed by atoms with Crippen molar-refractivity contribution in [3.8, 4) is 22.8 Å². The summed E-state index contributed by atoms with van der Waals surface area (Å²) in [6.45, 7) is 1.95. The molecule has 7 heteroatoms. The zero-order valence-corrected chi connectivity index (χ0v) is 16.8. The average molecular weight is 409 g/mol. The molecule has 0 unspecified atom stereocenters. The average Bonchev–Trinajstić information content (AvgIpc) is 3.47. The number of nitrogens with zero attached hydrogens (tertiary/aromatic N) is 3. The Bertz CT molecular complexity index is 1320. The van der Waals surface area contributed by atoms with Crippen molar-refractivity contribution in [3.05, 3.63) is 84.3 Å². The lowest BCUT2D eigenvalue weighted by Gasteiger charge is -2.06. The van der Waals surface area contributed by atoms with E-state index in [0.717, 1.165) is 28.0 Å². The molecule has 1 amide bonds. The van der Waals surface area contributed by atoms with Crippen LogP contribution in [0.1, 0.15) is 23.2 Å². The fraction of sp³-hybridized carbons (Fsp3) is 0.0833. The van der Waals surface area contributed by atoms with Crippen molar-refractivity contribution in [2.24, 2.45) is 0 Å². The van der Waals surface area contributed by atoms with Gasteiger partial charge >= 0.3 is 0 Å². The third-order valence-electron chi connectivity index (χ3n) is 4.98. The zero-order chi connectivity index (χ0) is 21.2. The number of aryl methyl sites for hydroxylation is 1. The summed E-state index contributed by atoms with van der Waals surface area (Å²) >= 11 is 0. The maximum Gasteiger partial charge on any atom is 0.255 e. The predicted molar refractivity (Wildman–Crippen MR) is 119 cm³/mol. The Kier molecular flexibility index (Phi) is 4.76. The number of aromatic nitrogens is 4. The first kappa shape index (κ1) is 18.7. The topological polar surface area (TPSA) is 96.7 Å². The molecule has 7 nitrogen and oxygen atoms in total. The smallest absolute Gasteiger partial charge is 0.255 e. The van der Waals surface area contributed by atoms with Crippen molar-refractivity contribution < 1.29 is 9.32 Å². The lowest BCUT2D eigenvalue weighted by Crippen LogP contribution is -2.11. The van der Waals surface area contributed by atoms with E-state index in [9.17, 15) is 4.79 Å². The van der Waals surface area contributed by atoms with E-state index >= 15 is 0 Å². The number of aromatic amines is 1. The Hall–Kier alpha value is -4.26. The number of hydrogen-bond donors (Lipinski definition) is 2. The Morgan fingerprint density at radius 2 is 1.68 bits per heavy atom. The van der Waals surface area contributed by atoms with Gasteiger partial charge in [0.15, 0.2) is 0 Å². The van der Waals surface area contributed by atoms with Crippen LogP contribution in [0.5, 0.6) is 0 Å². The number of fused-ring (bicyclic) bond motifs is 1. The lowest BCUT2D eigenvalue weighted by atomic mass is 10.1. The van der Waals surface area contributed by atoms with Crippen LogP contribution in [-0.4, -0.2) is 26.0 Å². The summed E-state index contributed by atoms with van der Waals surface area (Å²) in [7, 11) is 0. The fourth-order valence-corrected chi connectivity index (χ4v) is 3.29. The highest BCUT2D eigenvalue weighted by atomic mass is 16.5. The summed E-state index contributed by atoms with van der Waals surface area (Å²) in [5.74, 6) is 1.71. The van der Waals surface area contributed by atoms with Gasteiger partial charge in [0.25, 0.3) is 5.91 Å². The highest BCUT2D eigenvalue weighted by Gasteiger charge is 2.11. The molecule has 0 saturated carbocycles. The van der Waals surface area contributed by atoms with Gasteiger partial charge in [-0.1, -0.05) is 36.3 Å². The molecule has 2 N–H and O–H groups in total. The van der Waals surface area contributed by atoms with Gasteiger partial charge in [0.1, 0.15) is 5.82 Å². The van der Waals surface area contributed by atoms with Gasteiger partial charge in [-0.2, -0.15) is 4.98 Å². The zero-order valence-electron chi connectivity index (χ0n) is 16.8. The largest absolute Gasteiger partial charge is 0.339 e. The highest BCUT2D eigenvalue weighted by Crippen LogP contribution is 2.23. The van der Waals surface area contributed by atoms with Crippen LogP contribution >= 0.6 is 0 Å². The second kappa shape index (κ2) is 7.87. The van der Waals surface area contributed by atoms with Gasteiger partial charge in [-0.05, 0) is 48.5 Å². The van der Waals surface area contributed by atoms with E-state index < -0.39 is 0 Å². The third kappa shape index (κ3) is 3.81. The molecule has 2 aromatic heterocycles. The van der Waals surface area contributed by atoms with Crippen molar-refractivity contribution in [2.45, 2.75) is 13.3 Å². The normalized spacial score (nSPS) is 11.0. The number of hydrogen-bond acceptors (Lipinski definition) is 5. The first-order valence-electron chi connectivity index (χ1n) is 9.99. The van der Waals surface area contributed by atoms with Crippen molar-refractivity contribution >= 4 is 22.6 Å². The molecule has 0 atom stereocenters. The molecule has 0 spiro atoms. The number of carbonyl (C=O) groups is 1. The van der Waals surface area contributed by atoms with Gasteiger partial charge in [-0.3, -0.25) is 4.79 Å². The molecule has 0 fully saturated rings. The quantitative estimate of drug-likeness (QED) is 0.421. The van der Waals surface area contributed by atoms with E-state index in [0.29, 0.717) is 29.4 Å². The Morgan fingerprint density at radius 3 is 2.39 bits per heavy atom. The van der Waals surface area contributed by atoms with Crippen LogP contribution in [0.4, 0.5) is 5.69 Å². The van der Waals surface area contributed by atoms with Crippen LogP contribution in [0.25, 0.3) is 33.8 Å². The molecule has 3 aromatic carbocycles. The van der Waals surface area contributed by atoms with Gasteiger partial charge in [-0.25, -0.2) is 4.98 Å². The first-order chi connectivity index (χ1) is 15.2. The minimum absolute atomic E-state index is 0.189. The number of para-hydroxylation sites is 2. The second-order valence-corrected chi connectivity index (χ2v) is 7.08. The van der Waals surface area contributed by atoms with Gasteiger partial charge < -0.3 is 14.8 Å². The Morgan fingerprint density at radius 1 is 0.935 bits per heavy atom. The molecule has 31 heavy (non-hydrogen) atoms. The van der Waals surface area contributed by atoms with Crippen molar-refractivity contribution in [3.63, 3.8) is 0 Å². The van der Waals surface area contributed by atoms with Crippen molar-refractivity contribution in [2.75, 3.05) is 5.32 Å². The number of imidazole rings is 1. The highest BCUT2D eigenvalue weighted by molar-refractivity contribution is 6.04. The minimum atomic E-state index is -0.189. The maximum atomic E-state index is 12.6. The van der Waals surface area contributed by atoms with E-state index in [2.05, 4.69) is 25.4 Å². The van der Waals surface area contributed by atoms with Crippen LogP contribution in [0, 0.1) is 0 Å². The Balaban J connectivity index is 1.28. The number of benzene rings is 3. The first-order valence-corrected chi connectivity index (χ1v) is 9.99. The standard InChI is InChI=1S/C24H19N5O2/c1-2-21-28-23(29-31-21)16-7-9-17(10-8-16)24(30)25-18-13-11-15(12-14-18)22-26-19-5-3-4-6-20(19)27-22/h3-14H,2H2,1H3,(H,25,30)(H,26,27). The summed E-state index contributed by atoms with van der Waals surface area (Å²) in [4.78, 5) is 24.8. The molecule has 0 bridgehead atoms. The number of amides is 1. The van der Waals surface area contributed by atoms with E-state index in [1.54, 1.807) is 12.1 Å². The molecular weight excluding hydrogens is 390 g/mol. The van der Waals surface area contributed by atoms with E-state index in [1.807, 2.05) is 67.6 Å². The lowest BCUT2D eigenvalue weighted by molar-refractivity contribution is 0.102. The van der Waals surface area contributed by atoms with E-state index in [-0.39, 0.29) is 5.91 Å². The van der Waals surface area contributed by atoms with Crippen LogP contribution in [0.15, 0.2) is 77.3 Å². The molecule has 0 aliphatic heterocycles. The van der Waals surface area contributed by atoms with Gasteiger partial charge in [0.05, 0.1) is 11.0 Å². The number of nitrogens with one attached hydrogen (secondary N) is 2. The molecule has 5 rings (SSSR count). The third-order valence-corrected chi connectivity index (χ3v) is 4.98. The number of anilines is 1. The van der Waals surface area contributed by atoms with E-state index in [4.69, 9.17) is 4.52 Å². The minimum Gasteiger partial charge on any atom is -0.339 e. The summed E-state index contributed by atoms with van der Waals surface area (Å²) in [5.41, 5.74) is 4.92. The fourth-order valence-electron chi connectivity index (χ4n) is 3.29. The predicted octanol–water partition coefficient (Wildman–Crippen LogP) is 5.09. The van der Waals surface area contributed by atoms with Crippen molar-refractivity contribution in [1.29, 1.82) is 0 Å². The molecule has 0 radical (unpaired) electrons. The molecule has 0 saturated heterocycles. The monoisotopic (exact) mass is 409 g/mol. The molecule has 0 aliphatic carbocycles. The summed E-state index contributed by atoms with van der Waals surface area (Å²) < 4.78 is 5.14. The van der Waals surface area contributed by atoms with Gasteiger partial charge in [-0.15, -0.1) is 0 Å². The SMILES string of the molecule is CCc1nc(-c2ccc(C(=O)Nc3ccc(-c4nc5ccccc5[nH]4)cc3)cc2)no1. The van der Waals surface area contributed by atoms with Crippen LogP contribution in [0.2, 0.25) is 0 Å². The van der Waals surface area contributed by atoms with Crippen molar-refractivity contribution in [1.82, 2.24) is 20.1 Å². The molecule has 152 valence electrons. The van der Waals surface area contributed by atoms with Crippen LogP contribution in [-0.2, 0) is 6.42 Å². The maximum absolute atomic E-state index is 12.6. The van der Waals surface area contributed by atoms with Crippen LogP contribution < -0.4 is 5.32 Å². The summed E-state index contributed by atoms with van der Waals surface area (Å²) in [5, 5.41) is 6.87. The van der Waals surface area contributed by atoms with E-state index in [1.165, 1.54) is 0 Å². The number of rotatable bonds is 5. The molecule has 0 aliphatic rings. The van der Waals surface area contributed by atoms with Gasteiger partial charge in [0.2, 0.25) is 11.7 Å². The molecule has 5 aromatic rings. The molecule has 2 heterocycles. The summed E-state index contributed by atoms with van der Waals surface area (Å²) in [6, 6.07) is 22.6. The second-order valence-electron chi connectivity index (χ2n) is 7.08. The van der Waals surface area contributed by atoms with Gasteiger partial charge in [0, 0.05) is 28.8 Å². The van der Waals surface area contributed by atoms with Crippen LogP contribution in [0.3, 0.4) is 0 Å². The molecular formula is C24H19N5O2. The Labute approximate surface area is 178 Å².